The van der Waals surface area contributed by atoms with Gasteiger partial charge >= 0.3 is 0 Å². The fourth-order valence-electron chi connectivity index (χ4n) is 2.45. The number of thioether (sulfide) groups is 1. The quantitative estimate of drug-likeness (QED) is 0.834. The lowest BCUT2D eigenvalue weighted by Gasteiger charge is -2.41. The van der Waals surface area contributed by atoms with Crippen molar-refractivity contribution in [3.63, 3.8) is 0 Å². The van der Waals surface area contributed by atoms with Gasteiger partial charge < -0.3 is 10.1 Å². The molecule has 1 aliphatic carbocycles. The third-order valence-corrected chi connectivity index (χ3v) is 5.53. The first kappa shape index (κ1) is 15.2. The van der Waals surface area contributed by atoms with Crippen molar-refractivity contribution in [3.05, 3.63) is 29.8 Å². The monoisotopic (exact) mass is 290 g/mol. The Morgan fingerprint density at radius 3 is 2.60 bits per heavy atom. The number of nitriles is 1. The molecule has 2 rings (SSSR count). The molecule has 1 aliphatic rings. The molecule has 0 bridgehead atoms. The van der Waals surface area contributed by atoms with Crippen molar-refractivity contribution in [2.75, 3.05) is 19.4 Å². The number of hydrogen-bond acceptors (Lipinski definition) is 4. The highest BCUT2D eigenvalue weighted by atomic mass is 32.2. The van der Waals surface area contributed by atoms with Crippen molar-refractivity contribution in [2.45, 2.75) is 37.0 Å². The molecule has 0 aromatic heterocycles. The topological polar surface area (TPSA) is 45.0 Å². The molecule has 1 aromatic rings. The molecule has 0 radical (unpaired) electrons. The van der Waals surface area contributed by atoms with E-state index < -0.39 is 0 Å². The maximum Gasteiger partial charge on any atom is 0.174 e. The lowest BCUT2D eigenvalue weighted by Crippen LogP contribution is -2.43. The minimum absolute atomic E-state index is 0.101. The minimum Gasteiger partial charge on any atom is -0.479 e. The van der Waals surface area contributed by atoms with Crippen LogP contribution in [0.15, 0.2) is 24.3 Å². The summed E-state index contributed by atoms with van der Waals surface area (Å²) in [4.78, 5) is 0. The van der Waals surface area contributed by atoms with Gasteiger partial charge in [0.1, 0.15) is 11.8 Å². The molecule has 108 valence electrons. The number of nitrogens with zero attached hydrogens (tertiary/aromatic N) is 1. The molecule has 0 saturated heterocycles. The summed E-state index contributed by atoms with van der Waals surface area (Å²) in [5, 5.41) is 12.1. The van der Waals surface area contributed by atoms with Gasteiger partial charge in [0.25, 0.3) is 0 Å². The molecule has 3 nitrogen and oxygen atoms in total. The molecule has 1 atom stereocenters. The van der Waals surface area contributed by atoms with E-state index in [0.717, 1.165) is 12.3 Å². The van der Waals surface area contributed by atoms with Gasteiger partial charge in [-0.1, -0.05) is 18.6 Å². The Balaban J connectivity index is 1.86. The van der Waals surface area contributed by atoms with Crippen LogP contribution in [-0.4, -0.2) is 24.2 Å². The maximum atomic E-state index is 8.48. The van der Waals surface area contributed by atoms with Gasteiger partial charge in [0.2, 0.25) is 0 Å². The maximum absolute atomic E-state index is 8.48. The molecule has 1 unspecified atom stereocenters. The third-order valence-electron chi connectivity index (χ3n) is 4.11. The van der Waals surface area contributed by atoms with Gasteiger partial charge in [0, 0.05) is 17.3 Å². The van der Waals surface area contributed by atoms with E-state index >= 15 is 0 Å². The summed E-state index contributed by atoms with van der Waals surface area (Å²) in [6.45, 7) is 3.36. The molecule has 0 spiro atoms. The lowest BCUT2D eigenvalue weighted by atomic mass is 9.84. The third kappa shape index (κ3) is 3.68. The molecular formula is C16H22N2OS. The predicted octanol–water partition coefficient (Wildman–Crippen LogP) is 3.53. The van der Waals surface area contributed by atoms with E-state index in [9.17, 15) is 0 Å². The molecule has 1 saturated carbocycles. The summed E-state index contributed by atoms with van der Waals surface area (Å²) in [5.41, 5.74) is 1.25. The van der Waals surface area contributed by atoms with E-state index in [0.29, 0.717) is 10.8 Å². The summed E-state index contributed by atoms with van der Waals surface area (Å²) in [6, 6.07) is 10.3. The lowest BCUT2D eigenvalue weighted by molar-refractivity contribution is 0.334. The van der Waals surface area contributed by atoms with Crippen molar-refractivity contribution >= 4 is 11.8 Å². The standard InChI is InChI=1S/C16H22N2OS/c1-13(18-12-16(20-2)8-3-9-16)14-4-6-15(7-5-14)19-11-10-17/h4-7,13,18H,3,8-9,11-12H2,1-2H3. The summed E-state index contributed by atoms with van der Waals surface area (Å²) in [6.07, 6.45) is 6.23. The van der Waals surface area contributed by atoms with Crippen LogP contribution in [0.4, 0.5) is 0 Å². The van der Waals surface area contributed by atoms with Gasteiger partial charge in [0.15, 0.2) is 6.61 Å². The SMILES string of the molecule is CSC1(CNC(C)c2ccc(OCC#N)cc2)CCC1. The minimum atomic E-state index is 0.101. The van der Waals surface area contributed by atoms with E-state index in [4.69, 9.17) is 10.00 Å². The predicted molar refractivity (Wildman–Crippen MR) is 84.1 cm³/mol. The Bertz CT molecular complexity index is 457. The van der Waals surface area contributed by atoms with Crippen molar-refractivity contribution in [1.82, 2.24) is 5.32 Å². The number of hydrogen-bond donors (Lipinski definition) is 1. The summed E-state index contributed by atoms with van der Waals surface area (Å²) < 4.78 is 5.73. The number of rotatable bonds is 7. The Kier molecular flexibility index (Phi) is 5.33. The fraction of sp³-hybridized carbons (Fsp3) is 0.562. The molecule has 4 heteroatoms. The first-order chi connectivity index (χ1) is 9.69. The Morgan fingerprint density at radius 2 is 2.10 bits per heavy atom. The Morgan fingerprint density at radius 1 is 1.40 bits per heavy atom. The molecule has 0 heterocycles. The molecule has 1 N–H and O–H groups in total. The van der Waals surface area contributed by atoms with E-state index in [1.165, 1.54) is 24.8 Å². The zero-order valence-electron chi connectivity index (χ0n) is 12.2. The van der Waals surface area contributed by atoms with Crippen LogP contribution in [0.25, 0.3) is 0 Å². The second-order valence-corrected chi connectivity index (χ2v) is 6.63. The van der Waals surface area contributed by atoms with Gasteiger partial charge in [0.05, 0.1) is 0 Å². The molecule has 0 aliphatic heterocycles. The first-order valence-electron chi connectivity index (χ1n) is 7.07. The number of benzene rings is 1. The van der Waals surface area contributed by atoms with Gasteiger partial charge in [-0.2, -0.15) is 17.0 Å². The summed E-state index contributed by atoms with van der Waals surface area (Å²) in [5.74, 6) is 0.752. The van der Waals surface area contributed by atoms with Gasteiger partial charge in [-0.3, -0.25) is 0 Å². The first-order valence-corrected chi connectivity index (χ1v) is 8.30. The van der Waals surface area contributed by atoms with Crippen LogP contribution >= 0.6 is 11.8 Å². The van der Waals surface area contributed by atoms with Gasteiger partial charge in [-0.15, -0.1) is 0 Å². The van der Waals surface area contributed by atoms with Crippen LogP contribution in [0.1, 0.15) is 37.8 Å². The van der Waals surface area contributed by atoms with E-state index in [2.05, 4.69) is 30.6 Å². The highest BCUT2D eigenvalue weighted by Crippen LogP contribution is 2.42. The van der Waals surface area contributed by atoms with E-state index in [1.54, 1.807) is 0 Å². The molecule has 1 aromatic carbocycles. The molecular weight excluding hydrogens is 268 g/mol. The van der Waals surface area contributed by atoms with Crippen molar-refractivity contribution in [1.29, 1.82) is 5.26 Å². The van der Waals surface area contributed by atoms with Crippen LogP contribution in [0.3, 0.4) is 0 Å². The Hall–Kier alpha value is -1.18. The molecule has 0 amide bonds. The highest BCUT2D eigenvalue weighted by Gasteiger charge is 2.35. The number of ether oxygens (including phenoxy) is 1. The second kappa shape index (κ2) is 7.01. The average molecular weight is 290 g/mol. The van der Waals surface area contributed by atoms with Crippen LogP contribution in [0.5, 0.6) is 5.75 Å². The van der Waals surface area contributed by atoms with E-state index in [-0.39, 0.29) is 6.61 Å². The smallest absolute Gasteiger partial charge is 0.174 e. The van der Waals surface area contributed by atoms with Crippen LogP contribution in [-0.2, 0) is 0 Å². The highest BCUT2D eigenvalue weighted by molar-refractivity contribution is 8.00. The van der Waals surface area contributed by atoms with Crippen LogP contribution < -0.4 is 10.1 Å². The average Bonchev–Trinajstić information content (AvgIpc) is 2.45. The van der Waals surface area contributed by atoms with Gasteiger partial charge in [-0.05, 0) is 43.7 Å². The van der Waals surface area contributed by atoms with E-state index in [1.807, 2.05) is 30.0 Å². The second-order valence-electron chi connectivity index (χ2n) is 5.36. The normalized spacial score (nSPS) is 17.9. The van der Waals surface area contributed by atoms with Crippen molar-refractivity contribution in [2.24, 2.45) is 0 Å². The zero-order valence-corrected chi connectivity index (χ0v) is 13.0. The van der Waals surface area contributed by atoms with Gasteiger partial charge in [-0.25, -0.2) is 0 Å². The fourth-order valence-corrected chi connectivity index (χ4v) is 3.37. The van der Waals surface area contributed by atoms with Crippen LogP contribution in [0, 0.1) is 11.3 Å². The zero-order chi connectivity index (χ0) is 14.4. The van der Waals surface area contributed by atoms with Crippen LogP contribution in [0.2, 0.25) is 0 Å². The van der Waals surface area contributed by atoms with Crippen molar-refractivity contribution < 1.29 is 4.74 Å². The molecule has 1 fully saturated rings. The number of nitrogens with one attached hydrogen (secondary N) is 1. The van der Waals surface area contributed by atoms with Crippen molar-refractivity contribution in [3.8, 4) is 11.8 Å². The summed E-state index contributed by atoms with van der Waals surface area (Å²) >= 11 is 1.99. The summed E-state index contributed by atoms with van der Waals surface area (Å²) in [7, 11) is 0. The molecule has 20 heavy (non-hydrogen) atoms. The largest absolute Gasteiger partial charge is 0.479 e. The Labute approximate surface area is 125 Å².